The molecular formula is C37H37FN4O5. The van der Waals surface area contributed by atoms with Crippen LogP contribution in [0.2, 0.25) is 0 Å². The molecule has 4 aliphatic heterocycles. The lowest BCUT2D eigenvalue weighted by molar-refractivity contribution is -0.136. The average Bonchev–Trinajstić information content (AvgIpc) is 3.33. The number of imide groups is 2. The molecule has 0 aliphatic carbocycles. The molecule has 1 atom stereocenters. The second kappa shape index (κ2) is 12.5. The Morgan fingerprint density at radius 3 is 2.28 bits per heavy atom. The Labute approximate surface area is 272 Å². The molecule has 7 rings (SSSR count). The molecule has 47 heavy (non-hydrogen) atoms. The van der Waals surface area contributed by atoms with E-state index in [4.69, 9.17) is 0 Å². The highest BCUT2D eigenvalue weighted by Gasteiger charge is 2.45. The van der Waals surface area contributed by atoms with Crippen molar-refractivity contribution in [1.82, 2.24) is 20.0 Å². The zero-order chi connectivity index (χ0) is 32.7. The molecular weight excluding hydrogens is 599 g/mol. The van der Waals surface area contributed by atoms with E-state index in [2.05, 4.69) is 22.3 Å². The van der Waals surface area contributed by atoms with Crippen LogP contribution < -0.4 is 5.32 Å². The summed E-state index contributed by atoms with van der Waals surface area (Å²) in [4.78, 5) is 69.3. The Balaban J connectivity index is 0.979. The third kappa shape index (κ3) is 5.98. The van der Waals surface area contributed by atoms with Crippen molar-refractivity contribution in [1.29, 1.82) is 0 Å². The molecule has 1 spiro atoms. The molecule has 1 N–H and O–H groups in total. The van der Waals surface area contributed by atoms with Crippen molar-refractivity contribution in [2.75, 3.05) is 26.2 Å². The third-order valence-electron chi connectivity index (χ3n) is 10.5. The number of rotatable bonds is 6. The first-order valence-electron chi connectivity index (χ1n) is 16.4. The molecule has 0 radical (unpaired) electrons. The van der Waals surface area contributed by atoms with Crippen molar-refractivity contribution in [3.63, 3.8) is 0 Å². The van der Waals surface area contributed by atoms with Gasteiger partial charge in [0, 0.05) is 26.1 Å². The summed E-state index contributed by atoms with van der Waals surface area (Å²) in [6.45, 7) is 4.06. The van der Waals surface area contributed by atoms with Gasteiger partial charge in [-0.3, -0.25) is 39.1 Å². The first kappa shape index (κ1) is 30.9. The zero-order valence-electron chi connectivity index (χ0n) is 26.2. The van der Waals surface area contributed by atoms with Gasteiger partial charge in [-0.15, -0.1) is 0 Å². The van der Waals surface area contributed by atoms with Gasteiger partial charge in [-0.05, 0) is 91.1 Å². The van der Waals surface area contributed by atoms with E-state index >= 15 is 0 Å². The van der Waals surface area contributed by atoms with E-state index in [9.17, 15) is 28.4 Å². The Morgan fingerprint density at radius 2 is 1.53 bits per heavy atom. The number of amides is 5. The molecule has 3 aromatic rings. The maximum absolute atomic E-state index is 14.1. The number of piperidine rings is 3. The van der Waals surface area contributed by atoms with Crippen LogP contribution in [0.1, 0.15) is 70.4 Å². The van der Waals surface area contributed by atoms with Crippen LogP contribution in [-0.4, -0.2) is 76.5 Å². The van der Waals surface area contributed by atoms with Crippen molar-refractivity contribution in [3.05, 3.63) is 94.8 Å². The highest BCUT2D eigenvalue weighted by Crippen LogP contribution is 2.42. The van der Waals surface area contributed by atoms with Gasteiger partial charge in [0.1, 0.15) is 11.9 Å². The number of fused-ring (bicyclic) bond motifs is 1. The molecule has 3 aromatic carbocycles. The fourth-order valence-corrected chi connectivity index (χ4v) is 7.68. The molecule has 9 nitrogen and oxygen atoms in total. The quantitative estimate of drug-likeness (QED) is 0.404. The summed E-state index contributed by atoms with van der Waals surface area (Å²) in [6.07, 6.45) is 4.32. The van der Waals surface area contributed by atoms with Crippen molar-refractivity contribution in [2.24, 2.45) is 5.41 Å². The molecule has 1 unspecified atom stereocenters. The summed E-state index contributed by atoms with van der Waals surface area (Å²) >= 11 is 0. The monoisotopic (exact) mass is 636 g/mol. The Hall–Kier alpha value is -4.70. The maximum Gasteiger partial charge on any atom is 0.262 e. The summed E-state index contributed by atoms with van der Waals surface area (Å²) in [5, 5.41) is 2.25. The summed E-state index contributed by atoms with van der Waals surface area (Å²) in [6, 6.07) is 18.7. The van der Waals surface area contributed by atoms with Crippen molar-refractivity contribution < 1.29 is 28.4 Å². The van der Waals surface area contributed by atoms with E-state index in [1.807, 2.05) is 23.1 Å². The van der Waals surface area contributed by atoms with Crippen LogP contribution in [0.15, 0.2) is 66.7 Å². The number of halogens is 1. The third-order valence-corrected chi connectivity index (χ3v) is 10.5. The fourth-order valence-electron chi connectivity index (χ4n) is 7.68. The van der Waals surface area contributed by atoms with Gasteiger partial charge in [-0.25, -0.2) is 4.39 Å². The average molecular weight is 637 g/mol. The number of nitrogens with zero attached hydrogens (tertiary/aromatic N) is 3. The highest BCUT2D eigenvalue weighted by molar-refractivity contribution is 6.25. The number of hydrogen-bond acceptors (Lipinski definition) is 6. The van der Waals surface area contributed by atoms with Gasteiger partial charge < -0.3 is 4.90 Å². The van der Waals surface area contributed by atoms with Crippen molar-refractivity contribution in [3.8, 4) is 11.1 Å². The number of benzene rings is 3. The summed E-state index contributed by atoms with van der Waals surface area (Å²) in [7, 11) is 0. The standard InChI is InChI=1S/C37H37FN4O5/c38-29-10-2-1-6-26(29)22-32(44)41-19-15-37(16-20-41)13-17-40(18-14-37)23-24-5-3-7-25(21-24)27-8-4-9-28-33(27)36(47)42(35(28)46)30-11-12-31(43)39-34(30)45/h1-10,21,30H,11-20,22-23H2,(H,39,43,45). The number of carbonyl (C=O) groups is 5. The zero-order valence-corrected chi connectivity index (χ0v) is 26.2. The number of nitrogens with one attached hydrogen (secondary N) is 1. The number of carbonyl (C=O) groups excluding carboxylic acids is 5. The molecule has 5 amide bonds. The van der Waals surface area contributed by atoms with Crippen LogP contribution in [0.5, 0.6) is 0 Å². The van der Waals surface area contributed by atoms with E-state index in [0.29, 0.717) is 24.2 Å². The minimum Gasteiger partial charge on any atom is -0.342 e. The maximum atomic E-state index is 14.1. The van der Waals surface area contributed by atoms with Crippen LogP contribution in [0.3, 0.4) is 0 Å². The molecule has 4 heterocycles. The van der Waals surface area contributed by atoms with E-state index in [-0.39, 0.29) is 47.5 Å². The van der Waals surface area contributed by atoms with Crippen LogP contribution in [-0.2, 0) is 27.3 Å². The van der Waals surface area contributed by atoms with E-state index in [1.54, 1.807) is 30.3 Å². The largest absolute Gasteiger partial charge is 0.342 e. The predicted octanol–water partition coefficient (Wildman–Crippen LogP) is 4.34. The first-order valence-corrected chi connectivity index (χ1v) is 16.4. The van der Waals surface area contributed by atoms with Gasteiger partial charge in [0.05, 0.1) is 17.5 Å². The van der Waals surface area contributed by atoms with Crippen LogP contribution in [0, 0.1) is 11.2 Å². The lowest BCUT2D eigenvalue weighted by atomic mass is 9.71. The van der Waals surface area contributed by atoms with Gasteiger partial charge in [-0.2, -0.15) is 0 Å². The summed E-state index contributed by atoms with van der Waals surface area (Å²) in [5.41, 5.74) is 3.79. The number of likely N-dealkylation sites (tertiary alicyclic amines) is 2. The van der Waals surface area contributed by atoms with Gasteiger partial charge in [0.2, 0.25) is 17.7 Å². The van der Waals surface area contributed by atoms with Crippen molar-refractivity contribution in [2.45, 2.75) is 57.5 Å². The van der Waals surface area contributed by atoms with Gasteiger partial charge in [0.15, 0.2) is 0 Å². The molecule has 0 saturated carbocycles. The summed E-state index contributed by atoms with van der Waals surface area (Å²) in [5.74, 6) is -2.40. The van der Waals surface area contributed by atoms with E-state index in [0.717, 1.165) is 61.3 Å². The lowest BCUT2D eigenvalue weighted by Crippen LogP contribution is -2.54. The predicted molar refractivity (Wildman–Crippen MR) is 171 cm³/mol. The lowest BCUT2D eigenvalue weighted by Gasteiger charge is -2.47. The minimum atomic E-state index is -1.01. The first-order chi connectivity index (χ1) is 22.7. The smallest absolute Gasteiger partial charge is 0.262 e. The molecule has 0 bridgehead atoms. The minimum absolute atomic E-state index is 0.0129. The normalized spacial score (nSPS) is 21.3. The Kier molecular flexibility index (Phi) is 8.21. The van der Waals surface area contributed by atoms with Gasteiger partial charge >= 0.3 is 0 Å². The second-order valence-corrected chi connectivity index (χ2v) is 13.3. The topological polar surface area (TPSA) is 107 Å². The molecule has 3 saturated heterocycles. The van der Waals surface area contributed by atoms with Crippen molar-refractivity contribution >= 4 is 29.5 Å². The molecule has 4 aliphatic rings. The van der Waals surface area contributed by atoms with Gasteiger partial charge in [-0.1, -0.05) is 48.5 Å². The van der Waals surface area contributed by atoms with E-state index in [1.165, 1.54) is 6.07 Å². The SMILES string of the molecule is O=C1CCC(N2C(=O)c3cccc(-c4cccc(CN5CCC6(CC5)CCN(C(=O)Cc5ccccc5F)CC6)c4)c3C2=O)C(=O)N1. The second-order valence-electron chi connectivity index (χ2n) is 13.3. The Morgan fingerprint density at radius 1 is 0.830 bits per heavy atom. The molecule has 10 heteroatoms. The fraction of sp³-hybridized carbons (Fsp3) is 0.378. The number of hydrogen-bond donors (Lipinski definition) is 1. The van der Waals surface area contributed by atoms with Crippen LogP contribution in [0.4, 0.5) is 4.39 Å². The molecule has 3 fully saturated rings. The Bertz CT molecular complexity index is 1770. The highest BCUT2D eigenvalue weighted by atomic mass is 19.1. The van der Waals surface area contributed by atoms with Gasteiger partial charge in [0.25, 0.3) is 11.8 Å². The van der Waals surface area contributed by atoms with E-state index < -0.39 is 29.7 Å². The molecule has 0 aromatic heterocycles. The molecule has 242 valence electrons. The van der Waals surface area contributed by atoms with Crippen LogP contribution >= 0.6 is 0 Å². The van der Waals surface area contributed by atoms with Crippen LogP contribution in [0.25, 0.3) is 11.1 Å². The summed E-state index contributed by atoms with van der Waals surface area (Å²) < 4.78 is 14.1.